The van der Waals surface area contributed by atoms with Gasteiger partial charge in [0.25, 0.3) is 0 Å². The fourth-order valence-corrected chi connectivity index (χ4v) is 4.63. The topological polar surface area (TPSA) is 125 Å². The normalized spacial score (nSPS) is 19.8. The molecule has 0 aromatic carbocycles. The van der Waals surface area contributed by atoms with E-state index in [4.69, 9.17) is 0 Å². The molecule has 1 atom stereocenters. The zero-order chi connectivity index (χ0) is 26.3. The third-order valence-electron chi connectivity index (χ3n) is 6.89. The fourth-order valence-electron chi connectivity index (χ4n) is 4.63. The molecule has 4 aromatic rings. The van der Waals surface area contributed by atoms with Crippen molar-refractivity contribution in [3.63, 3.8) is 0 Å². The lowest BCUT2D eigenvalue weighted by Gasteiger charge is -2.44. The maximum Gasteiger partial charge on any atom is 0.226 e. The number of aromatic nitrogens is 6. The Hall–Kier alpha value is -4.12. The Morgan fingerprint density at radius 2 is 2.03 bits per heavy atom. The summed E-state index contributed by atoms with van der Waals surface area (Å²) in [5.41, 5.74) is 2.08. The first kappa shape index (κ1) is 24.6. The third kappa shape index (κ3) is 4.94. The molecule has 3 N–H and O–H groups in total. The number of carbonyl (C=O) groups excluding carboxylic acids is 1. The SMILES string of the molecule is Cc1cc(Nc2cc(C)[nH]n2)nc([C@]2(O)C[C@@H](C(=O)N(C)[C@@H](C)c3ccc(-n4cc(F)cn4)nc3)C2)c1. The number of H-pyrrole nitrogens is 1. The molecule has 0 spiro atoms. The Kier molecular flexibility index (Phi) is 6.24. The number of amides is 1. The summed E-state index contributed by atoms with van der Waals surface area (Å²) >= 11 is 0. The standard InChI is InChI=1S/C26H29FN8O2/c1-15-7-21(30-22(8-15)31-23-9-16(2)32-33-23)26(37)10-19(11-26)25(36)34(4)17(3)18-5-6-24(28-12-18)35-14-20(27)13-29-35/h5-9,12-14,17,19,37H,10-11H2,1-4H3,(H2,30,31,32,33)/t17-,19-,26+/m0/s1. The van der Waals surface area contributed by atoms with E-state index < -0.39 is 11.4 Å². The molecular formula is C26H29FN8O2. The lowest BCUT2D eigenvalue weighted by molar-refractivity contribution is -0.154. The van der Waals surface area contributed by atoms with Gasteiger partial charge in [0.05, 0.1) is 24.1 Å². The van der Waals surface area contributed by atoms with Crippen LogP contribution in [-0.2, 0) is 10.4 Å². The van der Waals surface area contributed by atoms with Crippen LogP contribution in [0.2, 0.25) is 0 Å². The van der Waals surface area contributed by atoms with Crippen LogP contribution in [0, 0.1) is 25.6 Å². The molecular weight excluding hydrogens is 475 g/mol. The van der Waals surface area contributed by atoms with Crippen molar-refractivity contribution in [2.75, 3.05) is 12.4 Å². The number of nitrogens with zero attached hydrogens (tertiary/aromatic N) is 6. The molecule has 1 aliphatic carbocycles. The summed E-state index contributed by atoms with van der Waals surface area (Å²) in [7, 11) is 1.75. The number of halogens is 1. The number of anilines is 2. The predicted octanol–water partition coefficient (Wildman–Crippen LogP) is 3.70. The van der Waals surface area contributed by atoms with Crippen LogP contribution in [0.15, 0.2) is 48.9 Å². The predicted molar refractivity (Wildman–Crippen MR) is 135 cm³/mol. The Morgan fingerprint density at radius 3 is 2.65 bits per heavy atom. The Labute approximate surface area is 213 Å². The second-order valence-electron chi connectivity index (χ2n) is 9.79. The molecule has 192 valence electrons. The third-order valence-corrected chi connectivity index (χ3v) is 6.89. The maximum absolute atomic E-state index is 13.2. The maximum atomic E-state index is 13.2. The molecule has 11 heteroatoms. The van der Waals surface area contributed by atoms with Crippen LogP contribution in [0.5, 0.6) is 0 Å². The average molecular weight is 505 g/mol. The van der Waals surface area contributed by atoms with E-state index in [1.807, 2.05) is 45.0 Å². The first-order valence-corrected chi connectivity index (χ1v) is 12.0. The number of carbonyl (C=O) groups is 1. The van der Waals surface area contributed by atoms with E-state index in [1.54, 1.807) is 24.2 Å². The molecule has 0 saturated heterocycles. The summed E-state index contributed by atoms with van der Waals surface area (Å²) < 4.78 is 14.6. The number of aliphatic hydroxyl groups is 1. The minimum Gasteiger partial charge on any atom is -0.384 e. The summed E-state index contributed by atoms with van der Waals surface area (Å²) in [6.07, 6.45) is 4.62. The number of rotatable bonds is 7. The Bertz CT molecular complexity index is 1420. The molecule has 4 aromatic heterocycles. The first-order chi connectivity index (χ1) is 17.6. The summed E-state index contributed by atoms with van der Waals surface area (Å²) in [6.45, 7) is 5.77. The Balaban J connectivity index is 1.23. The van der Waals surface area contributed by atoms with E-state index in [2.05, 4.69) is 30.6 Å². The van der Waals surface area contributed by atoms with Crippen molar-refractivity contribution >= 4 is 17.5 Å². The highest BCUT2D eigenvalue weighted by molar-refractivity contribution is 5.80. The summed E-state index contributed by atoms with van der Waals surface area (Å²) in [6, 6.07) is 8.95. The van der Waals surface area contributed by atoms with E-state index >= 15 is 0 Å². The summed E-state index contributed by atoms with van der Waals surface area (Å²) in [5.74, 6) is 0.915. The monoisotopic (exact) mass is 504 g/mol. The van der Waals surface area contributed by atoms with Gasteiger partial charge in [-0.1, -0.05) is 6.07 Å². The van der Waals surface area contributed by atoms with E-state index in [1.165, 1.54) is 10.9 Å². The summed E-state index contributed by atoms with van der Waals surface area (Å²) in [4.78, 5) is 23.9. The molecule has 0 radical (unpaired) electrons. The average Bonchev–Trinajstić information content (AvgIpc) is 3.48. The molecule has 0 bridgehead atoms. The number of aromatic amines is 1. The van der Waals surface area contributed by atoms with Gasteiger partial charge in [0, 0.05) is 30.9 Å². The highest BCUT2D eigenvalue weighted by atomic mass is 19.1. The minimum absolute atomic E-state index is 0.0478. The van der Waals surface area contributed by atoms with Gasteiger partial charge in [-0.25, -0.2) is 19.0 Å². The van der Waals surface area contributed by atoms with Crippen LogP contribution in [0.4, 0.5) is 16.0 Å². The number of aryl methyl sites for hydroxylation is 2. The van der Waals surface area contributed by atoms with E-state index in [0.29, 0.717) is 36.0 Å². The van der Waals surface area contributed by atoms with Crippen molar-refractivity contribution in [2.24, 2.45) is 5.92 Å². The number of hydrogen-bond donors (Lipinski definition) is 3. The second-order valence-corrected chi connectivity index (χ2v) is 9.79. The Morgan fingerprint density at radius 1 is 1.24 bits per heavy atom. The van der Waals surface area contributed by atoms with Gasteiger partial charge in [-0.15, -0.1) is 0 Å². The van der Waals surface area contributed by atoms with E-state index in [0.717, 1.165) is 23.0 Å². The molecule has 0 unspecified atom stereocenters. The number of nitrogens with one attached hydrogen (secondary N) is 2. The van der Waals surface area contributed by atoms with Crippen molar-refractivity contribution < 1.29 is 14.3 Å². The minimum atomic E-state index is -1.17. The van der Waals surface area contributed by atoms with Gasteiger partial charge < -0.3 is 15.3 Å². The van der Waals surface area contributed by atoms with Gasteiger partial charge in [0.2, 0.25) is 5.91 Å². The van der Waals surface area contributed by atoms with Gasteiger partial charge in [-0.05, 0) is 62.9 Å². The fraction of sp³-hybridized carbons (Fsp3) is 0.346. The van der Waals surface area contributed by atoms with Crippen LogP contribution in [0.25, 0.3) is 5.82 Å². The lowest BCUT2D eigenvalue weighted by atomic mass is 9.68. The van der Waals surface area contributed by atoms with Crippen LogP contribution in [0.1, 0.15) is 48.3 Å². The first-order valence-electron chi connectivity index (χ1n) is 12.0. The van der Waals surface area contributed by atoms with Crippen LogP contribution >= 0.6 is 0 Å². The summed E-state index contributed by atoms with van der Waals surface area (Å²) in [5, 5.41) is 25.4. The van der Waals surface area contributed by atoms with Gasteiger partial charge in [-0.2, -0.15) is 10.2 Å². The lowest BCUT2D eigenvalue weighted by Crippen LogP contribution is -2.49. The molecule has 0 aliphatic heterocycles. The van der Waals surface area contributed by atoms with E-state index in [-0.39, 0.29) is 17.9 Å². The largest absolute Gasteiger partial charge is 0.384 e. The van der Waals surface area contributed by atoms with Gasteiger partial charge in [0.1, 0.15) is 11.4 Å². The number of hydrogen-bond acceptors (Lipinski definition) is 7. The van der Waals surface area contributed by atoms with Crippen LogP contribution in [0.3, 0.4) is 0 Å². The highest BCUT2D eigenvalue weighted by Crippen LogP contribution is 2.46. The molecule has 1 aliphatic rings. The zero-order valence-electron chi connectivity index (χ0n) is 21.1. The van der Waals surface area contributed by atoms with Gasteiger partial charge in [-0.3, -0.25) is 9.89 Å². The molecule has 37 heavy (non-hydrogen) atoms. The van der Waals surface area contributed by atoms with Crippen LogP contribution < -0.4 is 5.32 Å². The van der Waals surface area contributed by atoms with Gasteiger partial charge in [0.15, 0.2) is 17.5 Å². The van der Waals surface area contributed by atoms with Gasteiger partial charge >= 0.3 is 0 Å². The van der Waals surface area contributed by atoms with Crippen molar-refractivity contribution in [1.29, 1.82) is 0 Å². The van der Waals surface area contributed by atoms with Crippen molar-refractivity contribution in [1.82, 2.24) is 34.8 Å². The molecule has 4 heterocycles. The second kappa shape index (κ2) is 9.40. The highest BCUT2D eigenvalue weighted by Gasteiger charge is 2.49. The van der Waals surface area contributed by atoms with Crippen LogP contribution in [-0.4, -0.2) is 52.9 Å². The van der Waals surface area contributed by atoms with Crippen molar-refractivity contribution in [2.45, 2.75) is 45.3 Å². The van der Waals surface area contributed by atoms with E-state index in [9.17, 15) is 14.3 Å². The quantitative estimate of drug-likeness (QED) is 0.350. The smallest absolute Gasteiger partial charge is 0.226 e. The van der Waals surface area contributed by atoms with Crippen molar-refractivity contribution in [3.8, 4) is 5.82 Å². The molecule has 1 fully saturated rings. The molecule has 1 saturated carbocycles. The molecule has 1 amide bonds. The molecule has 5 rings (SSSR count). The number of pyridine rings is 2. The zero-order valence-corrected chi connectivity index (χ0v) is 21.1. The molecule has 10 nitrogen and oxygen atoms in total. The van der Waals surface area contributed by atoms with Crippen molar-refractivity contribution in [3.05, 3.63) is 77.3 Å².